The molecule has 31 heavy (non-hydrogen) atoms. The largest absolute Gasteiger partial charge is 0.502 e. The van der Waals surface area contributed by atoms with Crippen molar-refractivity contribution in [1.82, 2.24) is 0 Å². The monoisotopic (exact) mass is 465 g/mol. The summed E-state index contributed by atoms with van der Waals surface area (Å²) in [5, 5.41) is 47.8. The van der Waals surface area contributed by atoms with Crippen molar-refractivity contribution in [2.45, 2.75) is 62.9 Å². The molecule has 1 rings (SSSR count). The minimum Gasteiger partial charge on any atom is -0.502 e. The number of hydrogen-bond acceptors (Lipinski definition) is 8. The molecule has 176 valence electrons. The second kappa shape index (κ2) is 11.8. The normalized spacial score (nSPS) is 15.8. The standard InChI is InChI=1S/C18H28N4O8.ClH/c1-18(21,17(29)30)14-9(2-4-11(19)15(25)26)6-22(8-13(14)24)7-10(23)3-5-12(20)16(27)28;/h6,8,10-12,23H,2-5,7,19-21H2,1H3,(H3-,24,25,26,27,28,29,30);1H/p+1. The molecule has 0 aliphatic heterocycles. The lowest BCUT2D eigenvalue weighted by molar-refractivity contribution is -0.704. The van der Waals surface area contributed by atoms with Crippen molar-refractivity contribution < 1.29 is 44.5 Å². The van der Waals surface area contributed by atoms with Crippen molar-refractivity contribution in [3.8, 4) is 5.75 Å². The first-order valence-electron chi connectivity index (χ1n) is 9.19. The first kappa shape index (κ1) is 28.5. The highest BCUT2D eigenvalue weighted by Gasteiger charge is 2.37. The van der Waals surface area contributed by atoms with E-state index in [0.29, 0.717) is 0 Å². The first-order valence-corrected chi connectivity index (χ1v) is 9.19. The Labute approximate surface area is 184 Å². The average Bonchev–Trinajstić information content (AvgIpc) is 2.62. The van der Waals surface area contributed by atoms with Gasteiger partial charge in [-0.05, 0) is 32.6 Å². The Morgan fingerprint density at radius 2 is 1.55 bits per heavy atom. The fourth-order valence-electron chi connectivity index (χ4n) is 2.95. The summed E-state index contributed by atoms with van der Waals surface area (Å²) in [5.74, 6) is -4.27. The number of aliphatic carboxylic acids is 3. The zero-order valence-corrected chi connectivity index (χ0v) is 17.8. The van der Waals surface area contributed by atoms with Gasteiger partial charge >= 0.3 is 17.9 Å². The van der Waals surface area contributed by atoms with Crippen molar-refractivity contribution >= 4 is 30.3 Å². The van der Waals surface area contributed by atoms with E-state index in [9.17, 15) is 29.7 Å². The number of halogens is 1. The Bertz CT molecular complexity index is 805. The molecule has 0 spiro atoms. The van der Waals surface area contributed by atoms with E-state index < -0.39 is 47.4 Å². The van der Waals surface area contributed by atoms with Crippen LogP contribution >= 0.6 is 12.4 Å². The Hall–Kier alpha value is -2.51. The molecule has 0 saturated heterocycles. The summed E-state index contributed by atoms with van der Waals surface area (Å²) < 4.78 is 1.38. The molecular formula is C18H30ClN4O8+. The lowest BCUT2D eigenvalue weighted by atomic mass is 9.87. The van der Waals surface area contributed by atoms with Crippen LogP contribution in [0.15, 0.2) is 12.4 Å². The summed E-state index contributed by atoms with van der Waals surface area (Å²) in [5.41, 5.74) is 15.0. The molecule has 11 N–H and O–H groups in total. The first-order chi connectivity index (χ1) is 13.8. The smallest absolute Gasteiger partial charge is 0.328 e. The van der Waals surface area contributed by atoms with Gasteiger partial charge < -0.3 is 42.7 Å². The molecule has 13 heteroatoms. The molecule has 0 aliphatic rings. The number of nitrogens with two attached hydrogens (primary N) is 3. The maximum absolute atomic E-state index is 11.6. The van der Waals surface area contributed by atoms with Crippen molar-refractivity contribution in [2.75, 3.05) is 0 Å². The van der Waals surface area contributed by atoms with E-state index in [4.69, 9.17) is 27.4 Å². The minimum absolute atomic E-state index is 0. The third-order valence-corrected chi connectivity index (χ3v) is 4.74. The van der Waals surface area contributed by atoms with E-state index in [0.717, 1.165) is 0 Å². The van der Waals surface area contributed by atoms with Gasteiger partial charge in [-0.2, -0.15) is 4.57 Å². The zero-order valence-electron chi connectivity index (χ0n) is 17.0. The van der Waals surface area contributed by atoms with Crippen LogP contribution in [0.2, 0.25) is 0 Å². The van der Waals surface area contributed by atoms with Crippen molar-refractivity contribution in [3.63, 3.8) is 0 Å². The fourth-order valence-corrected chi connectivity index (χ4v) is 2.95. The minimum atomic E-state index is -1.96. The average molecular weight is 466 g/mol. The Kier molecular flexibility index (Phi) is 10.8. The summed E-state index contributed by atoms with van der Waals surface area (Å²) in [6, 6.07) is -2.33. The van der Waals surface area contributed by atoms with Gasteiger partial charge in [-0.25, -0.2) is 4.79 Å². The molecule has 0 aromatic carbocycles. The highest BCUT2D eigenvalue weighted by molar-refractivity contribution is 5.85. The van der Waals surface area contributed by atoms with E-state index in [-0.39, 0.29) is 55.8 Å². The number of aryl methyl sites for hydroxylation is 1. The molecule has 0 bridgehead atoms. The second-order valence-electron chi connectivity index (χ2n) is 7.41. The summed E-state index contributed by atoms with van der Waals surface area (Å²) in [6.45, 7) is 1.14. The van der Waals surface area contributed by atoms with Crippen LogP contribution in [-0.2, 0) is 32.9 Å². The summed E-state index contributed by atoms with van der Waals surface area (Å²) in [7, 11) is 0. The highest BCUT2D eigenvalue weighted by atomic mass is 35.5. The van der Waals surface area contributed by atoms with Crippen LogP contribution in [0.4, 0.5) is 0 Å². The molecule has 0 fully saturated rings. The molecule has 4 unspecified atom stereocenters. The van der Waals surface area contributed by atoms with E-state index in [1.54, 1.807) is 0 Å². The van der Waals surface area contributed by atoms with Crippen LogP contribution in [0.3, 0.4) is 0 Å². The van der Waals surface area contributed by atoms with E-state index in [1.165, 1.54) is 23.9 Å². The number of aromatic nitrogens is 1. The van der Waals surface area contributed by atoms with Gasteiger partial charge in [0.1, 0.15) is 23.7 Å². The van der Waals surface area contributed by atoms with Crippen molar-refractivity contribution in [1.29, 1.82) is 0 Å². The number of carboxylic acids is 3. The molecule has 1 aromatic heterocycles. The molecule has 1 aromatic rings. The Balaban J connectivity index is 0.00000900. The number of pyridine rings is 1. The molecular weight excluding hydrogens is 436 g/mol. The molecule has 0 radical (unpaired) electrons. The molecule has 0 saturated carbocycles. The second-order valence-corrected chi connectivity index (χ2v) is 7.41. The van der Waals surface area contributed by atoms with Crippen LogP contribution in [0.5, 0.6) is 5.75 Å². The van der Waals surface area contributed by atoms with E-state index in [1.807, 2.05) is 0 Å². The van der Waals surface area contributed by atoms with E-state index in [2.05, 4.69) is 0 Å². The van der Waals surface area contributed by atoms with Crippen LogP contribution < -0.4 is 21.8 Å². The highest BCUT2D eigenvalue weighted by Crippen LogP contribution is 2.30. The number of carbonyl (C=O) groups is 3. The Morgan fingerprint density at radius 3 is 2.03 bits per heavy atom. The zero-order chi connectivity index (χ0) is 23.2. The van der Waals surface area contributed by atoms with Gasteiger partial charge in [0.25, 0.3) is 0 Å². The number of aliphatic hydroxyl groups excluding tert-OH is 1. The quantitative estimate of drug-likeness (QED) is 0.161. The molecule has 4 atom stereocenters. The van der Waals surface area contributed by atoms with Gasteiger partial charge in [-0.1, -0.05) is 0 Å². The van der Waals surface area contributed by atoms with Gasteiger partial charge in [-0.3, -0.25) is 9.59 Å². The summed E-state index contributed by atoms with van der Waals surface area (Å²) in [4.78, 5) is 33.3. The number of aromatic hydroxyl groups is 1. The van der Waals surface area contributed by atoms with Crippen LogP contribution in [0.1, 0.15) is 37.3 Å². The lowest BCUT2D eigenvalue weighted by Crippen LogP contribution is -2.46. The van der Waals surface area contributed by atoms with Crippen LogP contribution in [0, 0.1) is 0 Å². The number of carboxylic acid groups (broad SMARTS) is 3. The predicted octanol–water partition coefficient (Wildman–Crippen LogP) is -1.74. The number of hydrogen-bond donors (Lipinski definition) is 8. The van der Waals surface area contributed by atoms with Gasteiger partial charge in [0.15, 0.2) is 18.5 Å². The third kappa shape index (κ3) is 7.92. The van der Waals surface area contributed by atoms with Crippen molar-refractivity contribution in [3.05, 3.63) is 23.5 Å². The molecule has 0 amide bonds. The lowest BCUT2D eigenvalue weighted by Gasteiger charge is -2.23. The van der Waals surface area contributed by atoms with Gasteiger partial charge in [0.05, 0.1) is 0 Å². The van der Waals surface area contributed by atoms with Crippen molar-refractivity contribution in [2.24, 2.45) is 17.2 Å². The Morgan fingerprint density at radius 1 is 1.03 bits per heavy atom. The van der Waals surface area contributed by atoms with Crippen LogP contribution in [0.25, 0.3) is 0 Å². The number of rotatable bonds is 12. The van der Waals surface area contributed by atoms with Gasteiger partial charge in [-0.15, -0.1) is 12.4 Å². The SMILES string of the molecule is CC(N)(C(=O)O)c1c(O)c[n+](CC(O)CCC(N)C(=O)O)cc1CCC(N)C(=O)O.Cl. The topological polar surface area (TPSA) is 234 Å². The predicted molar refractivity (Wildman–Crippen MR) is 110 cm³/mol. The third-order valence-electron chi connectivity index (χ3n) is 4.74. The van der Waals surface area contributed by atoms with E-state index >= 15 is 0 Å². The molecule has 1 heterocycles. The molecule has 0 aliphatic carbocycles. The summed E-state index contributed by atoms with van der Waals surface area (Å²) in [6.07, 6.45) is 1.70. The molecule has 12 nitrogen and oxygen atoms in total. The number of nitrogens with zero attached hydrogens (tertiary/aromatic N) is 1. The van der Waals surface area contributed by atoms with Gasteiger partial charge in [0.2, 0.25) is 6.20 Å². The maximum atomic E-state index is 11.6. The summed E-state index contributed by atoms with van der Waals surface area (Å²) >= 11 is 0. The maximum Gasteiger partial charge on any atom is 0.328 e. The number of aliphatic hydroxyl groups is 1. The van der Waals surface area contributed by atoms with Crippen LogP contribution in [-0.4, -0.2) is 61.6 Å². The fraction of sp³-hybridized carbons (Fsp3) is 0.556. The van der Waals surface area contributed by atoms with Gasteiger partial charge in [0, 0.05) is 11.1 Å².